The average molecular weight is 359 g/mol. The highest BCUT2D eigenvalue weighted by Crippen LogP contribution is 2.37. The van der Waals surface area contributed by atoms with Crippen LogP contribution in [0, 0.1) is 5.92 Å². The molecule has 0 radical (unpaired) electrons. The number of fused-ring (bicyclic) bond motifs is 1. The Morgan fingerprint density at radius 1 is 1.28 bits per heavy atom. The van der Waals surface area contributed by atoms with Crippen molar-refractivity contribution in [1.82, 2.24) is 9.97 Å². The van der Waals surface area contributed by atoms with Gasteiger partial charge in [-0.15, -0.1) is 0 Å². The highest BCUT2D eigenvalue weighted by atomic mass is 35.5. The fourth-order valence-corrected chi connectivity index (χ4v) is 4.24. The van der Waals surface area contributed by atoms with Crippen molar-refractivity contribution in [2.75, 3.05) is 29.9 Å². The van der Waals surface area contributed by atoms with Crippen molar-refractivity contribution in [2.24, 2.45) is 5.92 Å². The molecule has 2 unspecified atom stereocenters. The number of aromatic nitrogens is 2. The van der Waals surface area contributed by atoms with E-state index in [0.29, 0.717) is 5.92 Å². The maximum atomic E-state index is 9.43. The number of aliphatic hydroxyl groups is 1. The molecule has 4 rings (SSSR count). The minimum Gasteiger partial charge on any atom is -0.396 e. The van der Waals surface area contributed by atoms with Gasteiger partial charge in [0.1, 0.15) is 18.0 Å². The average Bonchev–Trinajstić information content (AvgIpc) is 3.06. The Balaban J connectivity index is 1.51. The van der Waals surface area contributed by atoms with Crippen LogP contribution in [0.1, 0.15) is 36.4 Å². The van der Waals surface area contributed by atoms with E-state index in [1.807, 2.05) is 18.2 Å². The molecule has 25 heavy (non-hydrogen) atoms. The minimum atomic E-state index is 0.239. The summed E-state index contributed by atoms with van der Waals surface area (Å²) in [5, 5.41) is 13.8. The number of hydrogen-bond acceptors (Lipinski definition) is 5. The Bertz CT molecular complexity index is 754. The Hall–Kier alpha value is -1.85. The lowest BCUT2D eigenvalue weighted by Gasteiger charge is -2.32. The summed E-state index contributed by atoms with van der Waals surface area (Å²) in [5.41, 5.74) is 2.52. The van der Waals surface area contributed by atoms with E-state index in [2.05, 4.69) is 26.3 Å². The van der Waals surface area contributed by atoms with Crippen LogP contribution in [-0.2, 0) is 6.42 Å². The van der Waals surface area contributed by atoms with Crippen LogP contribution in [0.15, 0.2) is 30.6 Å². The van der Waals surface area contributed by atoms with Crippen LogP contribution in [0.5, 0.6) is 0 Å². The molecular formula is C19H23ClN4O. The van der Waals surface area contributed by atoms with Crippen molar-refractivity contribution < 1.29 is 5.11 Å². The molecule has 2 atom stereocenters. The Morgan fingerprint density at radius 2 is 2.20 bits per heavy atom. The molecule has 1 aromatic heterocycles. The molecule has 1 aromatic carbocycles. The van der Waals surface area contributed by atoms with Gasteiger partial charge in [0, 0.05) is 30.8 Å². The monoisotopic (exact) mass is 358 g/mol. The van der Waals surface area contributed by atoms with E-state index in [0.717, 1.165) is 55.4 Å². The van der Waals surface area contributed by atoms with E-state index in [-0.39, 0.29) is 12.6 Å². The van der Waals surface area contributed by atoms with Gasteiger partial charge >= 0.3 is 0 Å². The van der Waals surface area contributed by atoms with Gasteiger partial charge in [-0.25, -0.2) is 9.97 Å². The largest absolute Gasteiger partial charge is 0.396 e. The van der Waals surface area contributed by atoms with Gasteiger partial charge in [0.05, 0.1) is 6.04 Å². The molecule has 0 bridgehead atoms. The zero-order chi connectivity index (χ0) is 17.2. The van der Waals surface area contributed by atoms with Crippen LogP contribution in [0.3, 0.4) is 0 Å². The van der Waals surface area contributed by atoms with Crippen LogP contribution in [0.4, 0.5) is 11.6 Å². The minimum absolute atomic E-state index is 0.239. The van der Waals surface area contributed by atoms with Crippen molar-refractivity contribution in [2.45, 2.75) is 31.7 Å². The highest BCUT2D eigenvalue weighted by Gasteiger charge is 2.25. The summed E-state index contributed by atoms with van der Waals surface area (Å²) in [7, 11) is 0. The summed E-state index contributed by atoms with van der Waals surface area (Å²) in [5.74, 6) is 2.11. The predicted octanol–water partition coefficient (Wildman–Crippen LogP) is 3.44. The molecular weight excluding hydrogens is 336 g/mol. The van der Waals surface area contributed by atoms with Crippen LogP contribution >= 0.6 is 11.6 Å². The van der Waals surface area contributed by atoms with Gasteiger partial charge in [-0.1, -0.05) is 23.7 Å². The molecule has 0 spiro atoms. The van der Waals surface area contributed by atoms with Crippen LogP contribution < -0.4 is 10.2 Å². The van der Waals surface area contributed by atoms with Crippen molar-refractivity contribution in [3.8, 4) is 0 Å². The van der Waals surface area contributed by atoms with Crippen LogP contribution in [0.2, 0.25) is 5.02 Å². The van der Waals surface area contributed by atoms with Crippen molar-refractivity contribution >= 4 is 23.2 Å². The molecule has 2 N–H and O–H groups in total. The first-order valence-electron chi connectivity index (χ1n) is 8.96. The Kier molecular flexibility index (Phi) is 4.77. The maximum absolute atomic E-state index is 9.43. The van der Waals surface area contributed by atoms with E-state index in [4.69, 9.17) is 11.6 Å². The molecule has 2 aliphatic rings. The summed E-state index contributed by atoms with van der Waals surface area (Å²) < 4.78 is 0. The topological polar surface area (TPSA) is 61.3 Å². The molecule has 5 nitrogen and oxygen atoms in total. The molecule has 0 amide bonds. The first kappa shape index (κ1) is 16.6. The normalized spacial score (nSPS) is 22.7. The molecule has 6 heteroatoms. The third kappa shape index (κ3) is 3.44. The smallest absolute Gasteiger partial charge is 0.134 e. The van der Waals surface area contributed by atoms with Gasteiger partial charge < -0.3 is 15.3 Å². The van der Waals surface area contributed by atoms with Gasteiger partial charge in [-0.05, 0) is 48.8 Å². The zero-order valence-electron chi connectivity index (χ0n) is 14.2. The van der Waals surface area contributed by atoms with Crippen molar-refractivity contribution in [3.05, 3.63) is 46.7 Å². The molecule has 1 aliphatic heterocycles. The third-order valence-electron chi connectivity index (χ3n) is 5.29. The van der Waals surface area contributed by atoms with Gasteiger partial charge in [0.2, 0.25) is 0 Å². The molecule has 0 saturated carbocycles. The van der Waals surface area contributed by atoms with E-state index in [9.17, 15) is 5.11 Å². The van der Waals surface area contributed by atoms with Crippen LogP contribution in [0.25, 0.3) is 0 Å². The van der Waals surface area contributed by atoms with Crippen LogP contribution in [-0.4, -0.2) is 34.8 Å². The number of aliphatic hydroxyl groups excluding tert-OH is 1. The van der Waals surface area contributed by atoms with Gasteiger partial charge in [-0.3, -0.25) is 0 Å². The van der Waals surface area contributed by atoms with Crippen molar-refractivity contribution in [3.63, 3.8) is 0 Å². The second-order valence-electron chi connectivity index (χ2n) is 6.94. The fraction of sp³-hybridized carbons (Fsp3) is 0.474. The number of nitrogens with one attached hydrogen (secondary N) is 1. The lowest BCUT2D eigenvalue weighted by molar-refractivity contribution is 0.208. The van der Waals surface area contributed by atoms with Gasteiger partial charge in [0.15, 0.2) is 0 Å². The van der Waals surface area contributed by atoms with Gasteiger partial charge in [0.25, 0.3) is 0 Å². The van der Waals surface area contributed by atoms with Crippen molar-refractivity contribution in [1.29, 1.82) is 0 Å². The maximum Gasteiger partial charge on any atom is 0.134 e. The lowest BCUT2D eigenvalue weighted by Crippen LogP contribution is -2.37. The van der Waals surface area contributed by atoms with E-state index in [1.54, 1.807) is 6.33 Å². The quantitative estimate of drug-likeness (QED) is 0.876. The first-order valence-corrected chi connectivity index (χ1v) is 9.34. The molecule has 1 saturated heterocycles. The van der Waals surface area contributed by atoms with E-state index in [1.165, 1.54) is 11.1 Å². The fourth-order valence-electron chi connectivity index (χ4n) is 3.96. The number of nitrogens with zero attached hydrogens (tertiary/aromatic N) is 3. The second-order valence-corrected chi connectivity index (χ2v) is 7.35. The number of halogens is 1. The third-order valence-corrected chi connectivity index (χ3v) is 5.64. The lowest BCUT2D eigenvalue weighted by atomic mass is 9.99. The summed E-state index contributed by atoms with van der Waals surface area (Å²) in [6, 6.07) is 8.37. The number of hydrogen-bond donors (Lipinski definition) is 2. The number of piperidine rings is 1. The summed E-state index contributed by atoms with van der Waals surface area (Å²) in [4.78, 5) is 11.1. The summed E-state index contributed by atoms with van der Waals surface area (Å²) >= 11 is 6.31. The molecule has 1 aliphatic carbocycles. The summed E-state index contributed by atoms with van der Waals surface area (Å²) in [6.45, 7) is 2.08. The SMILES string of the molecule is OCC1CCCN(c2cc(NC3CCc4c(Cl)cccc43)ncn2)C1. The molecule has 2 aromatic rings. The Labute approximate surface area is 153 Å². The van der Waals surface area contributed by atoms with Gasteiger partial charge in [-0.2, -0.15) is 0 Å². The number of benzene rings is 1. The summed E-state index contributed by atoms with van der Waals surface area (Å²) in [6.07, 6.45) is 5.81. The number of rotatable bonds is 4. The predicted molar refractivity (Wildman–Crippen MR) is 100 cm³/mol. The molecule has 132 valence electrons. The first-order chi connectivity index (χ1) is 12.2. The molecule has 2 heterocycles. The highest BCUT2D eigenvalue weighted by molar-refractivity contribution is 6.31. The van der Waals surface area contributed by atoms with E-state index >= 15 is 0 Å². The standard InChI is InChI=1S/C19H23ClN4O/c20-16-5-1-4-15-14(16)6-7-17(15)23-18-9-19(22-12-21-18)24-8-2-3-13(10-24)11-25/h1,4-5,9,12-13,17,25H,2-3,6-8,10-11H2,(H,21,22,23). The molecule has 1 fully saturated rings. The second kappa shape index (κ2) is 7.18. The number of anilines is 2. The Morgan fingerprint density at radius 3 is 3.08 bits per heavy atom. The van der Waals surface area contributed by atoms with E-state index < -0.39 is 0 Å². The zero-order valence-corrected chi connectivity index (χ0v) is 14.9.